The van der Waals surface area contributed by atoms with E-state index in [1.807, 2.05) is 12.1 Å². The molecule has 0 amide bonds. The fourth-order valence-electron chi connectivity index (χ4n) is 5.10. The molecule has 1 N–H and O–H groups in total. The lowest BCUT2D eigenvalue weighted by atomic mass is 10.0. The van der Waals surface area contributed by atoms with Crippen LogP contribution in [0.5, 0.6) is 5.75 Å². The second kappa shape index (κ2) is 8.27. The van der Waals surface area contributed by atoms with Gasteiger partial charge in [-0.1, -0.05) is 0 Å². The number of aliphatic hydroxyl groups is 1. The number of methoxy groups -OCH3 is 1. The lowest BCUT2D eigenvalue weighted by Gasteiger charge is -2.43. The molecule has 0 saturated carbocycles. The zero-order valence-corrected chi connectivity index (χ0v) is 17.4. The van der Waals surface area contributed by atoms with Gasteiger partial charge in [-0.05, 0) is 75.5 Å². The third-order valence-corrected chi connectivity index (χ3v) is 6.61. The first-order chi connectivity index (χ1) is 13.6. The van der Waals surface area contributed by atoms with E-state index < -0.39 is 0 Å². The Morgan fingerprint density at radius 2 is 1.93 bits per heavy atom. The molecule has 3 heterocycles. The fraction of sp³-hybridized carbons (Fsp3) is 0.565. The molecular formula is C23H33N3O2. The number of hydrogen-bond donors (Lipinski definition) is 1. The lowest BCUT2D eigenvalue weighted by molar-refractivity contribution is 0.0332. The molecule has 2 aliphatic heterocycles. The maximum atomic E-state index is 9.58. The molecule has 1 aromatic heterocycles. The number of aromatic nitrogens is 1. The summed E-state index contributed by atoms with van der Waals surface area (Å²) < 4.78 is 7.64. The molecule has 152 valence electrons. The normalized spacial score (nSPS) is 23.1. The molecule has 0 unspecified atom stereocenters. The fourth-order valence-corrected chi connectivity index (χ4v) is 5.10. The summed E-state index contributed by atoms with van der Waals surface area (Å²) in [6.07, 6.45) is 3.49. The van der Waals surface area contributed by atoms with Gasteiger partial charge in [-0.3, -0.25) is 9.80 Å². The Hall–Kier alpha value is -1.82. The Morgan fingerprint density at radius 1 is 1.14 bits per heavy atom. The first-order valence-corrected chi connectivity index (χ1v) is 10.5. The van der Waals surface area contributed by atoms with E-state index in [4.69, 9.17) is 4.74 Å². The minimum absolute atomic E-state index is 0.268. The van der Waals surface area contributed by atoms with Crippen molar-refractivity contribution in [1.82, 2.24) is 14.4 Å². The molecule has 1 aromatic carbocycles. The summed E-state index contributed by atoms with van der Waals surface area (Å²) in [4.78, 5) is 5.25. The van der Waals surface area contributed by atoms with Crippen molar-refractivity contribution in [2.45, 2.75) is 51.7 Å². The number of benzene rings is 1. The predicted octanol–water partition coefficient (Wildman–Crippen LogP) is 3.13. The summed E-state index contributed by atoms with van der Waals surface area (Å²) in [7, 11) is 1.70. The predicted molar refractivity (Wildman–Crippen MR) is 112 cm³/mol. The van der Waals surface area contributed by atoms with Crippen LogP contribution in [0, 0.1) is 13.8 Å². The molecule has 28 heavy (non-hydrogen) atoms. The van der Waals surface area contributed by atoms with E-state index in [2.05, 4.69) is 46.4 Å². The van der Waals surface area contributed by atoms with Gasteiger partial charge in [0.05, 0.1) is 7.11 Å². The van der Waals surface area contributed by atoms with Crippen molar-refractivity contribution in [3.63, 3.8) is 0 Å². The number of ether oxygens (including phenoxy) is 1. The zero-order chi connectivity index (χ0) is 19.7. The topological polar surface area (TPSA) is 40.9 Å². The molecule has 5 heteroatoms. The molecule has 2 aliphatic rings. The van der Waals surface area contributed by atoms with E-state index in [0.29, 0.717) is 12.1 Å². The molecule has 0 bridgehead atoms. The summed E-state index contributed by atoms with van der Waals surface area (Å²) in [5.41, 5.74) is 5.13. The van der Waals surface area contributed by atoms with Gasteiger partial charge in [0.15, 0.2) is 0 Å². The average Bonchev–Trinajstić information content (AvgIpc) is 3.26. The Balaban J connectivity index is 1.57. The van der Waals surface area contributed by atoms with E-state index in [9.17, 15) is 5.11 Å². The Bertz CT molecular complexity index is 799. The smallest absolute Gasteiger partial charge is 0.119 e. The van der Waals surface area contributed by atoms with Crippen molar-refractivity contribution in [3.05, 3.63) is 47.3 Å². The minimum Gasteiger partial charge on any atom is -0.497 e. The highest BCUT2D eigenvalue weighted by Crippen LogP contribution is 2.29. The number of aliphatic hydroxyl groups excluding tert-OH is 1. The van der Waals surface area contributed by atoms with Crippen LogP contribution < -0.4 is 4.74 Å². The molecule has 2 saturated heterocycles. The summed E-state index contributed by atoms with van der Waals surface area (Å²) in [6.45, 7) is 9.08. The summed E-state index contributed by atoms with van der Waals surface area (Å²) in [6, 6.07) is 11.7. The monoisotopic (exact) mass is 383 g/mol. The van der Waals surface area contributed by atoms with E-state index >= 15 is 0 Å². The minimum atomic E-state index is 0.268. The van der Waals surface area contributed by atoms with Gasteiger partial charge >= 0.3 is 0 Å². The highest BCUT2D eigenvalue weighted by Gasteiger charge is 2.36. The van der Waals surface area contributed by atoms with Crippen molar-refractivity contribution in [3.8, 4) is 11.4 Å². The summed E-state index contributed by atoms with van der Waals surface area (Å²) in [5, 5.41) is 9.58. The van der Waals surface area contributed by atoms with Crippen molar-refractivity contribution >= 4 is 0 Å². The van der Waals surface area contributed by atoms with Crippen LogP contribution in [0.3, 0.4) is 0 Å². The van der Waals surface area contributed by atoms with Gasteiger partial charge in [0.25, 0.3) is 0 Å². The Labute approximate surface area is 168 Å². The van der Waals surface area contributed by atoms with Gasteiger partial charge in [-0.15, -0.1) is 0 Å². The van der Waals surface area contributed by atoms with E-state index in [1.54, 1.807) is 7.11 Å². The second-order valence-electron chi connectivity index (χ2n) is 8.32. The van der Waals surface area contributed by atoms with E-state index in [0.717, 1.165) is 31.8 Å². The summed E-state index contributed by atoms with van der Waals surface area (Å²) in [5.74, 6) is 0.882. The SMILES string of the molecule is COc1ccc(-n2c(C)cc(CN3C[C@@H]4CCCN4C[C@@H]3CCO)c2C)cc1. The van der Waals surface area contributed by atoms with Gasteiger partial charge in [-0.25, -0.2) is 0 Å². The van der Waals surface area contributed by atoms with Crippen LogP contribution in [0.1, 0.15) is 36.2 Å². The van der Waals surface area contributed by atoms with Gasteiger partial charge in [0, 0.05) is 55.4 Å². The third kappa shape index (κ3) is 3.71. The first kappa shape index (κ1) is 19.5. The van der Waals surface area contributed by atoms with Crippen LogP contribution in [0.4, 0.5) is 0 Å². The van der Waals surface area contributed by atoms with Crippen LogP contribution in [0.15, 0.2) is 30.3 Å². The van der Waals surface area contributed by atoms with Crippen LogP contribution in [0.2, 0.25) is 0 Å². The molecule has 5 nitrogen and oxygen atoms in total. The second-order valence-corrected chi connectivity index (χ2v) is 8.32. The van der Waals surface area contributed by atoms with Crippen LogP contribution in [0.25, 0.3) is 5.69 Å². The van der Waals surface area contributed by atoms with E-state index in [1.165, 1.54) is 42.0 Å². The Kier molecular flexibility index (Phi) is 5.76. The number of rotatable bonds is 6. The molecule has 0 aliphatic carbocycles. The van der Waals surface area contributed by atoms with Crippen molar-refractivity contribution in [1.29, 1.82) is 0 Å². The standard InChI is InChI=1S/C23H33N3O2/c1-17-13-19(18(2)26(17)20-6-8-23(28-3)9-7-20)14-25-16-21-5-4-11-24(21)15-22(25)10-12-27/h6-9,13,21-22,27H,4-5,10-12,14-16H2,1-3H3/t21-,22-/m0/s1. The molecule has 0 spiro atoms. The molecule has 4 rings (SSSR count). The van der Waals surface area contributed by atoms with Crippen LogP contribution in [-0.4, -0.2) is 64.9 Å². The Morgan fingerprint density at radius 3 is 2.64 bits per heavy atom. The molecular weight excluding hydrogens is 350 g/mol. The first-order valence-electron chi connectivity index (χ1n) is 10.5. The lowest BCUT2D eigenvalue weighted by Crippen LogP contribution is -2.55. The van der Waals surface area contributed by atoms with Gasteiger partial charge < -0.3 is 14.4 Å². The zero-order valence-electron chi connectivity index (χ0n) is 17.4. The maximum Gasteiger partial charge on any atom is 0.119 e. The molecule has 2 aromatic rings. The number of hydrogen-bond acceptors (Lipinski definition) is 4. The quantitative estimate of drug-likeness (QED) is 0.832. The number of aryl methyl sites for hydroxylation is 1. The van der Waals surface area contributed by atoms with Gasteiger partial charge in [0.1, 0.15) is 5.75 Å². The third-order valence-electron chi connectivity index (χ3n) is 6.61. The molecule has 2 atom stereocenters. The van der Waals surface area contributed by atoms with Crippen molar-refractivity contribution in [2.75, 3.05) is 33.4 Å². The van der Waals surface area contributed by atoms with Crippen molar-refractivity contribution < 1.29 is 9.84 Å². The average molecular weight is 384 g/mol. The van der Waals surface area contributed by atoms with Gasteiger partial charge in [-0.2, -0.15) is 0 Å². The number of piperazine rings is 1. The number of fused-ring (bicyclic) bond motifs is 1. The summed E-state index contributed by atoms with van der Waals surface area (Å²) >= 11 is 0. The highest BCUT2D eigenvalue weighted by molar-refractivity contribution is 5.43. The van der Waals surface area contributed by atoms with Crippen LogP contribution in [-0.2, 0) is 6.54 Å². The van der Waals surface area contributed by atoms with Gasteiger partial charge in [0.2, 0.25) is 0 Å². The van der Waals surface area contributed by atoms with Crippen molar-refractivity contribution in [2.24, 2.45) is 0 Å². The molecule has 0 radical (unpaired) electrons. The van der Waals surface area contributed by atoms with Crippen LogP contribution >= 0.6 is 0 Å². The maximum absolute atomic E-state index is 9.58. The molecule has 2 fully saturated rings. The van der Waals surface area contributed by atoms with E-state index in [-0.39, 0.29) is 6.61 Å². The number of nitrogens with zero attached hydrogens (tertiary/aromatic N) is 3. The highest BCUT2D eigenvalue weighted by atomic mass is 16.5. The largest absolute Gasteiger partial charge is 0.497 e.